The molecule has 3 aromatic heterocycles. The van der Waals surface area contributed by atoms with E-state index in [-0.39, 0.29) is 11.4 Å². The summed E-state index contributed by atoms with van der Waals surface area (Å²) in [6.07, 6.45) is 6.94. The van der Waals surface area contributed by atoms with E-state index in [2.05, 4.69) is 31.8 Å². The molecule has 3 heterocycles. The molecule has 7 heteroatoms. The molecular weight excluding hydrogens is 524 g/mol. The van der Waals surface area contributed by atoms with Crippen LogP contribution in [0, 0.1) is 35.8 Å². The van der Waals surface area contributed by atoms with Gasteiger partial charge in [-0.15, -0.1) is 11.3 Å². The molecule has 0 aliphatic heterocycles. The second kappa shape index (κ2) is 9.26. The zero-order chi connectivity index (χ0) is 28.1. The minimum atomic E-state index is 0.0151. The van der Waals surface area contributed by atoms with Crippen molar-refractivity contribution < 1.29 is 0 Å². The number of rotatable bonds is 2. The van der Waals surface area contributed by atoms with E-state index in [1.165, 1.54) is 11.3 Å². The molecule has 0 bridgehead atoms. The summed E-state index contributed by atoms with van der Waals surface area (Å²) in [5, 5.41) is 19.9. The van der Waals surface area contributed by atoms with Crippen molar-refractivity contribution in [1.29, 1.82) is 10.5 Å². The molecule has 0 saturated heterocycles. The lowest BCUT2D eigenvalue weighted by molar-refractivity contribution is 1.33. The molecule has 2 aliphatic carbocycles. The Morgan fingerprint density at radius 3 is 1.37 bits per heavy atom. The molecular formula is C34H14N6S. The fourth-order valence-corrected chi connectivity index (χ4v) is 7.12. The van der Waals surface area contributed by atoms with Crippen LogP contribution in [0.5, 0.6) is 0 Å². The second-order valence-corrected chi connectivity index (χ2v) is 10.4. The van der Waals surface area contributed by atoms with E-state index < -0.39 is 0 Å². The quantitative estimate of drug-likeness (QED) is 0.164. The normalized spacial score (nSPS) is 14.3. The minimum absolute atomic E-state index is 0.0151. The van der Waals surface area contributed by atoms with Gasteiger partial charge >= 0.3 is 0 Å². The predicted octanol–water partition coefficient (Wildman–Crippen LogP) is 8.24. The Bertz CT molecular complexity index is 1990. The molecule has 0 N–H and O–H groups in total. The maximum atomic E-state index is 9.96. The van der Waals surface area contributed by atoms with Gasteiger partial charge in [-0.3, -0.25) is 9.97 Å². The Hall–Kier alpha value is -6.12. The highest BCUT2D eigenvalue weighted by atomic mass is 32.1. The molecule has 2 aromatic carbocycles. The summed E-state index contributed by atoms with van der Waals surface area (Å²) in [5.41, 5.74) is 10.5. The van der Waals surface area contributed by atoms with Gasteiger partial charge in [0, 0.05) is 56.8 Å². The topological polar surface area (TPSA) is 82.1 Å². The fraction of sp³-hybridized carbons (Fsp3) is 0. The first-order valence-electron chi connectivity index (χ1n) is 12.5. The van der Waals surface area contributed by atoms with Crippen LogP contribution in [0.2, 0.25) is 0 Å². The fourth-order valence-electron chi connectivity index (χ4n) is 5.67. The van der Waals surface area contributed by atoms with E-state index in [0.717, 1.165) is 65.4 Å². The third kappa shape index (κ3) is 3.45. The Balaban J connectivity index is 1.54. The lowest BCUT2D eigenvalue weighted by Gasteiger charge is -2.09. The van der Waals surface area contributed by atoms with E-state index in [0.29, 0.717) is 11.1 Å². The zero-order valence-electron chi connectivity index (χ0n) is 21.2. The highest BCUT2D eigenvalue weighted by Crippen LogP contribution is 2.61. The molecule has 186 valence electrons. The summed E-state index contributed by atoms with van der Waals surface area (Å²) in [7, 11) is 0. The van der Waals surface area contributed by atoms with E-state index in [4.69, 9.17) is 13.1 Å². The van der Waals surface area contributed by atoms with Crippen LogP contribution >= 0.6 is 11.3 Å². The summed E-state index contributed by atoms with van der Waals surface area (Å²) in [6.45, 7) is 15.6. The van der Waals surface area contributed by atoms with Crippen molar-refractivity contribution in [2.75, 3.05) is 0 Å². The number of benzene rings is 2. The van der Waals surface area contributed by atoms with Crippen LogP contribution < -0.4 is 0 Å². The average Bonchev–Trinajstić information content (AvgIpc) is 3.65. The van der Waals surface area contributed by atoms with Crippen molar-refractivity contribution in [2.24, 2.45) is 0 Å². The van der Waals surface area contributed by atoms with Gasteiger partial charge in [0.05, 0.1) is 25.3 Å². The van der Waals surface area contributed by atoms with Crippen LogP contribution in [0.15, 0.2) is 96.8 Å². The van der Waals surface area contributed by atoms with E-state index in [1.54, 1.807) is 24.8 Å². The van der Waals surface area contributed by atoms with Gasteiger partial charge in [0.2, 0.25) is 0 Å². The van der Waals surface area contributed by atoms with Crippen molar-refractivity contribution >= 4 is 22.5 Å². The highest BCUT2D eigenvalue weighted by Gasteiger charge is 2.39. The molecule has 0 fully saturated rings. The molecule has 0 atom stereocenters. The number of nitriles is 2. The van der Waals surface area contributed by atoms with E-state index >= 15 is 0 Å². The second-order valence-electron chi connectivity index (χ2n) is 9.40. The number of hydrogen-bond acceptors (Lipinski definition) is 5. The standard InChI is InChI=1S/C34H14N6S/c1-37-27(17-35)29-25-15-21(19-7-11-39-12-8-19)3-5-23(25)31-32-24-6-4-22(20-9-13-40-14-10-20)16-26(24)30(28(18-36)38-2)34(32)41-33(29)31/h3-16H/b29-27-,30-28+. The SMILES string of the molecule is [C-]#[N+]/C(C#N)=C1/c2cc(-c3ccncc3)ccc2-c2c1sc1c2-c2ccc(-c3ccncc3)cc2/C1=C(/C#N)[N+]#[C-]. The van der Waals surface area contributed by atoms with Crippen LogP contribution in [0.4, 0.5) is 0 Å². The van der Waals surface area contributed by atoms with Crippen LogP contribution in [0.25, 0.3) is 65.3 Å². The van der Waals surface area contributed by atoms with Gasteiger partial charge in [-0.1, -0.05) is 24.3 Å². The van der Waals surface area contributed by atoms with Gasteiger partial charge in [0.1, 0.15) is 0 Å². The largest absolute Gasteiger partial charge is 0.271 e. The third-order valence-corrected chi connectivity index (χ3v) is 8.64. The molecule has 0 unspecified atom stereocenters. The molecule has 6 nitrogen and oxygen atoms in total. The monoisotopic (exact) mass is 538 g/mol. The van der Waals surface area contributed by atoms with Gasteiger partial charge in [-0.25, -0.2) is 20.2 Å². The molecule has 2 aliphatic rings. The summed E-state index contributed by atoms with van der Waals surface area (Å²) in [4.78, 5) is 17.0. The Kier molecular flexibility index (Phi) is 5.41. The van der Waals surface area contributed by atoms with Crippen molar-refractivity contribution in [2.45, 2.75) is 0 Å². The molecule has 7 rings (SSSR count). The lowest BCUT2D eigenvalue weighted by Crippen LogP contribution is -1.88. The molecule has 0 amide bonds. The third-order valence-electron chi connectivity index (χ3n) is 7.42. The van der Waals surface area contributed by atoms with Crippen LogP contribution in [-0.2, 0) is 0 Å². The van der Waals surface area contributed by atoms with Crippen LogP contribution in [0.1, 0.15) is 20.9 Å². The minimum Gasteiger partial charge on any atom is -0.265 e. The summed E-state index contributed by atoms with van der Waals surface area (Å²) in [6, 6.07) is 24.1. The lowest BCUT2D eigenvalue weighted by atomic mass is 9.94. The number of hydrogen-bond donors (Lipinski definition) is 0. The molecule has 5 aromatic rings. The smallest absolute Gasteiger partial charge is 0.265 e. The van der Waals surface area contributed by atoms with Gasteiger partial charge in [-0.2, -0.15) is 0 Å². The highest BCUT2D eigenvalue weighted by molar-refractivity contribution is 7.16. The molecule has 41 heavy (non-hydrogen) atoms. The van der Waals surface area contributed by atoms with Crippen LogP contribution in [0.3, 0.4) is 0 Å². The summed E-state index contributed by atoms with van der Waals surface area (Å²) < 4.78 is 0. The average molecular weight is 539 g/mol. The first kappa shape index (κ1) is 24.0. The van der Waals surface area contributed by atoms with Gasteiger partial charge < -0.3 is 0 Å². The number of thiophene rings is 1. The Labute approximate surface area is 239 Å². The van der Waals surface area contributed by atoms with Gasteiger partial charge in [-0.05, 0) is 80.9 Å². The number of nitrogens with zero attached hydrogens (tertiary/aromatic N) is 6. The first-order valence-corrected chi connectivity index (χ1v) is 13.3. The first-order chi connectivity index (χ1) is 20.2. The maximum Gasteiger partial charge on any atom is 0.271 e. The summed E-state index contributed by atoms with van der Waals surface area (Å²) in [5.74, 6) is 0. The Morgan fingerprint density at radius 1 is 0.585 bits per heavy atom. The zero-order valence-corrected chi connectivity index (χ0v) is 22.0. The molecule has 0 saturated carbocycles. The van der Waals surface area contributed by atoms with E-state index in [9.17, 15) is 10.5 Å². The van der Waals surface area contributed by atoms with Gasteiger partial charge in [0.15, 0.2) is 0 Å². The number of fused-ring (bicyclic) bond motifs is 7. The van der Waals surface area contributed by atoms with Crippen LogP contribution in [-0.4, -0.2) is 9.97 Å². The van der Waals surface area contributed by atoms with Crippen molar-refractivity contribution in [3.63, 3.8) is 0 Å². The van der Waals surface area contributed by atoms with E-state index in [1.807, 2.05) is 60.7 Å². The maximum absolute atomic E-state index is 9.96. The number of pyridine rings is 2. The van der Waals surface area contributed by atoms with Crippen molar-refractivity contribution in [3.8, 4) is 56.6 Å². The van der Waals surface area contributed by atoms with Gasteiger partial charge in [0.25, 0.3) is 11.4 Å². The number of aromatic nitrogens is 2. The summed E-state index contributed by atoms with van der Waals surface area (Å²) >= 11 is 1.44. The predicted molar refractivity (Wildman–Crippen MR) is 158 cm³/mol. The number of allylic oxidation sites excluding steroid dienone is 2. The van der Waals surface area contributed by atoms with Crippen molar-refractivity contribution in [1.82, 2.24) is 9.97 Å². The van der Waals surface area contributed by atoms with Crippen molar-refractivity contribution in [3.05, 3.63) is 141 Å². The molecule has 0 radical (unpaired) electrons. The molecule has 0 spiro atoms. The Morgan fingerprint density at radius 2 is 1.00 bits per heavy atom.